The molecule has 4 nitrogen and oxygen atoms in total. The van der Waals surface area contributed by atoms with E-state index < -0.39 is 0 Å². The largest absolute Gasteiger partial charge is 0.445 e. The van der Waals surface area contributed by atoms with E-state index in [0.29, 0.717) is 12.4 Å². The summed E-state index contributed by atoms with van der Waals surface area (Å²) in [6.45, 7) is 13.6. The molecule has 0 aromatic carbocycles. The third kappa shape index (κ3) is 3.57. The second-order valence-corrected chi connectivity index (χ2v) is 4.18. The Kier molecular flexibility index (Phi) is 5.72. The quantitative estimate of drug-likeness (QED) is 0.587. The minimum atomic E-state index is -0.162. The van der Waals surface area contributed by atoms with Gasteiger partial charge in [0.05, 0.1) is 6.20 Å². The molecule has 0 saturated heterocycles. The molecule has 0 aliphatic carbocycles. The van der Waals surface area contributed by atoms with Gasteiger partial charge >= 0.3 is 0 Å². The first kappa shape index (κ1) is 15.7. The predicted octanol–water partition coefficient (Wildman–Crippen LogP) is 3.57. The zero-order chi connectivity index (χ0) is 15.1. The molecule has 20 heavy (non-hydrogen) atoms. The van der Waals surface area contributed by atoms with Crippen molar-refractivity contribution in [1.29, 1.82) is 0 Å². The van der Waals surface area contributed by atoms with Crippen LogP contribution in [-0.2, 0) is 4.79 Å². The summed E-state index contributed by atoms with van der Waals surface area (Å²) in [4.78, 5) is 17.6. The van der Waals surface area contributed by atoms with Crippen molar-refractivity contribution in [3.8, 4) is 0 Å². The van der Waals surface area contributed by atoms with E-state index in [1.54, 1.807) is 11.1 Å². The maximum atomic E-state index is 11.9. The van der Waals surface area contributed by atoms with Crippen LogP contribution < -0.4 is 0 Å². The van der Waals surface area contributed by atoms with E-state index >= 15 is 0 Å². The van der Waals surface area contributed by atoms with Crippen molar-refractivity contribution in [2.45, 2.75) is 20.8 Å². The molecule has 106 valence electrons. The molecule has 1 aromatic rings. The zero-order valence-corrected chi connectivity index (χ0v) is 12.2. The van der Waals surface area contributed by atoms with Gasteiger partial charge in [-0.3, -0.25) is 4.79 Å². The topological polar surface area (TPSA) is 46.3 Å². The summed E-state index contributed by atoms with van der Waals surface area (Å²) in [7, 11) is 0. The Balaban J connectivity index is 3.25. The Bertz CT molecular complexity index is 551. The molecule has 0 unspecified atom stereocenters. The molecule has 1 aromatic heterocycles. The van der Waals surface area contributed by atoms with Crippen LogP contribution in [0.3, 0.4) is 0 Å². The lowest BCUT2D eigenvalue weighted by Gasteiger charge is -2.23. The maximum Gasteiger partial charge on any atom is 0.250 e. The van der Waals surface area contributed by atoms with Gasteiger partial charge in [0.15, 0.2) is 0 Å². The number of hydrogen-bond acceptors (Lipinski definition) is 3. The second kappa shape index (κ2) is 7.28. The number of hydrogen-bond donors (Lipinski definition) is 0. The van der Waals surface area contributed by atoms with Crippen LogP contribution in [0.5, 0.6) is 0 Å². The number of carbonyl (C=O) groups is 1. The van der Waals surface area contributed by atoms with Gasteiger partial charge in [0.1, 0.15) is 6.26 Å². The second-order valence-electron chi connectivity index (χ2n) is 4.18. The van der Waals surface area contributed by atoms with E-state index in [0.717, 1.165) is 16.8 Å². The summed E-state index contributed by atoms with van der Waals surface area (Å²) in [6.07, 6.45) is 8.11. The van der Waals surface area contributed by atoms with E-state index in [1.807, 2.05) is 32.9 Å². The van der Waals surface area contributed by atoms with E-state index in [9.17, 15) is 4.79 Å². The van der Waals surface area contributed by atoms with Crippen LogP contribution in [0.25, 0.3) is 5.57 Å². The first-order chi connectivity index (χ1) is 9.54. The summed E-state index contributed by atoms with van der Waals surface area (Å²) in [6, 6.07) is 0. The number of aromatic nitrogens is 1. The predicted molar refractivity (Wildman–Crippen MR) is 80.6 cm³/mol. The van der Waals surface area contributed by atoms with Crippen molar-refractivity contribution >= 4 is 11.5 Å². The fourth-order valence-corrected chi connectivity index (χ4v) is 1.77. The smallest absolute Gasteiger partial charge is 0.250 e. The van der Waals surface area contributed by atoms with Crippen LogP contribution in [0, 0.1) is 0 Å². The first-order valence-electron chi connectivity index (χ1n) is 6.42. The molecule has 1 heterocycles. The standard InChI is InChI=1S/C16H20N2O2/c1-6-13(16-17-9-10-20-16)11-14(12(4)5)18(8-3)15(19)7-2/h6-7,9-11H,2,4,8H2,1,3,5H3/b13-6?,14-11+. The SMILES string of the molecule is C=CC(=O)N(CC)/C(=C/C(=CC)c1ncco1)C(=C)C. The Morgan fingerprint density at radius 3 is 2.65 bits per heavy atom. The lowest BCUT2D eigenvalue weighted by atomic mass is 10.1. The van der Waals surface area contributed by atoms with Crippen LogP contribution >= 0.6 is 0 Å². The lowest BCUT2D eigenvalue weighted by molar-refractivity contribution is -0.123. The monoisotopic (exact) mass is 272 g/mol. The Hall–Kier alpha value is -2.36. The van der Waals surface area contributed by atoms with Crippen LogP contribution in [-0.4, -0.2) is 22.3 Å². The number of amides is 1. The van der Waals surface area contributed by atoms with Gasteiger partial charge in [0, 0.05) is 17.8 Å². The van der Waals surface area contributed by atoms with Gasteiger partial charge in [-0.05, 0) is 38.5 Å². The molecule has 1 amide bonds. The van der Waals surface area contributed by atoms with Gasteiger partial charge in [-0.25, -0.2) is 4.98 Å². The van der Waals surface area contributed by atoms with Crippen molar-refractivity contribution in [2.75, 3.05) is 6.54 Å². The van der Waals surface area contributed by atoms with Crippen molar-refractivity contribution in [3.05, 3.63) is 61.0 Å². The molecule has 1 rings (SSSR count). The number of likely N-dealkylation sites (N-methyl/N-ethyl adjacent to an activating group) is 1. The Morgan fingerprint density at radius 2 is 2.25 bits per heavy atom. The molecular weight excluding hydrogens is 252 g/mol. The summed E-state index contributed by atoms with van der Waals surface area (Å²) in [5, 5.41) is 0. The molecule has 4 heteroatoms. The third-order valence-corrected chi connectivity index (χ3v) is 2.77. The normalized spacial score (nSPS) is 12.2. The summed E-state index contributed by atoms with van der Waals surface area (Å²) >= 11 is 0. The average Bonchev–Trinajstić information content (AvgIpc) is 2.96. The molecule has 0 spiro atoms. The maximum absolute atomic E-state index is 11.9. The van der Waals surface area contributed by atoms with Crippen LogP contribution in [0.4, 0.5) is 0 Å². The number of nitrogens with zero attached hydrogens (tertiary/aromatic N) is 2. The zero-order valence-electron chi connectivity index (χ0n) is 12.2. The van der Waals surface area contributed by atoms with Gasteiger partial charge in [0.2, 0.25) is 11.8 Å². The van der Waals surface area contributed by atoms with Crippen LogP contribution in [0.1, 0.15) is 26.7 Å². The molecule has 0 atom stereocenters. The molecule has 0 bridgehead atoms. The van der Waals surface area contributed by atoms with E-state index in [-0.39, 0.29) is 5.91 Å². The highest BCUT2D eigenvalue weighted by molar-refractivity contribution is 5.89. The van der Waals surface area contributed by atoms with Gasteiger partial charge < -0.3 is 9.32 Å². The van der Waals surface area contributed by atoms with E-state index in [4.69, 9.17) is 4.42 Å². The Morgan fingerprint density at radius 1 is 1.55 bits per heavy atom. The summed E-state index contributed by atoms with van der Waals surface area (Å²) < 4.78 is 5.29. The average molecular weight is 272 g/mol. The summed E-state index contributed by atoms with van der Waals surface area (Å²) in [5.41, 5.74) is 2.31. The van der Waals surface area contributed by atoms with Gasteiger partial charge in [-0.1, -0.05) is 19.2 Å². The lowest BCUT2D eigenvalue weighted by Crippen LogP contribution is -2.29. The highest BCUT2D eigenvalue weighted by Gasteiger charge is 2.15. The van der Waals surface area contributed by atoms with Gasteiger partial charge in [-0.15, -0.1) is 0 Å². The first-order valence-corrected chi connectivity index (χ1v) is 6.42. The van der Waals surface area contributed by atoms with Gasteiger partial charge in [0.25, 0.3) is 0 Å². The molecule has 0 radical (unpaired) electrons. The molecule has 0 fully saturated rings. The number of carbonyl (C=O) groups excluding carboxylic acids is 1. The molecule has 0 aliphatic rings. The van der Waals surface area contributed by atoms with Crippen molar-refractivity contribution in [2.24, 2.45) is 0 Å². The van der Waals surface area contributed by atoms with E-state index in [2.05, 4.69) is 18.1 Å². The molecule has 0 N–H and O–H groups in total. The van der Waals surface area contributed by atoms with Crippen molar-refractivity contribution < 1.29 is 9.21 Å². The highest BCUT2D eigenvalue weighted by Crippen LogP contribution is 2.21. The number of rotatable bonds is 6. The van der Waals surface area contributed by atoms with Crippen molar-refractivity contribution in [1.82, 2.24) is 9.88 Å². The fraction of sp³-hybridized carbons (Fsp3) is 0.250. The van der Waals surface area contributed by atoms with E-state index in [1.165, 1.54) is 12.3 Å². The summed E-state index contributed by atoms with van der Waals surface area (Å²) in [5.74, 6) is 0.345. The molecular formula is C16H20N2O2. The Labute approximate surface area is 119 Å². The van der Waals surface area contributed by atoms with Crippen LogP contribution in [0.2, 0.25) is 0 Å². The van der Waals surface area contributed by atoms with Gasteiger partial charge in [-0.2, -0.15) is 0 Å². The highest BCUT2D eigenvalue weighted by atomic mass is 16.3. The minimum Gasteiger partial charge on any atom is -0.445 e. The third-order valence-electron chi connectivity index (χ3n) is 2.77. The molecule has 0 aliphatic heterocycles. The fourth-order valence-electron chi connectivity index (χ4n) is 1.77. The van der Waals surface area contributed by atoms with Crippen LogP contribution in [0.15, 0.2) is 59.5 Å². The number of allylic oxidation sites excluding steroid dienone is 4. The number of oxazole rings is 1. The minimum absolute atomic E-state index is 0.162. The molecule has 0 saturated carbocycles. The van der Waals surface area contributed by atoms with Crippen molar-refractivity contribution in [3.63, 3.8) is 0 Å².